The Morgan fingerprint density at radius 3 is 2.43 bits per heavy atom. The number of nitrogens with one attached hydrogen (secondary N) is 1. The van der Waals surface area contributed by atoms with Gasteiger partial charge >= 0.3 is 6.03 Å². The number of amides is 3. The lowest BCUT2D eigenvalue weighted by Gasteiger charge is -2.11. The normalized spacial score (nSPS) is 16.3. The zero-order chi connectivity index (χ0) is 16.6. The van der Waals surface area contributed by atoms with Crippen LogP contribution in [0, 0.1) is 6.92 Å². The van der Waals surface area contributed by atoms with Crippen molar-refractivity contribution >= 4 is 29.6 Å². The molecule has 5 nitrogen and oxygen atoms in total. The van der Waals surface area contributed by atoms with Crippen molar-refractivity contribution in [3.05, 3.63) is 64.1 Å². The molecule has 0 atom stereocenters. The van der Waals surface area contributed by atoms with Gasteiger partial charge in [-0.05, 0) is 42.8 Å². The molecule has 0 radical (unpaired) electrons. The van der Waals surface area contributed by atoms with Crippen LogP contribution in [0.3, 0.4) is 0 Å². The molecule has 3 rings (SSSR count). The summed E-state index contributed by atoms with van der Waals surface area (Å²) in [5.41, 5.74) is 3.06. The van der Waals surface area contributed by atoms with Gasteiger partial charge in [0.15, 0.2) is 0 Å². The Hall–Kier alpha value is -2.53. The zero-order valence-corrected chi connectivity index (χ0v) is 13.6. The number of hydrogen-bond donors (Lipinski definition) is 1. The highest BCUT2D eigenvalue weighted by atomic mass is 35.5. The van der Waals surface area contributed by atoms with Gasteiger partial charge in [-0.1, -0.05) is 23.7 Å². The van der Waals surface area contributed by atoms with Gasteiger partial charge in [0, 0.05) is 23.5 Å². The molecule has 1 aromatic carbocycles. The molecule has 23 heavy (non-hydrogen) atoms. The van der Waals surface area contributed by atoms with Gasteiger partial charge in [-0.15, -0.1) is 0 Å². The molecule has 1 fully saturated rings. The van der Waals surface area contributed by atoms with Crippen molar-refractivity contribution in [1.29, 1.82) is 0 Å². The average molecular weight is 330 g/mol. The zero-order valence-electron chi connectivity index (χ0n) is 12.8. The van der Waals surface area contributed by atoms with Crippen LogP contribution in [-0.2, 0) is 18.4 Å². The third-order valence-corrected chi connectivity index (χ3v) is 4.17. The van der Waals surface area contributed by atoms with Crippen molar-refractivity contribution < 1.29 is 9.59 Å². The van der Waals surface area contributed by atoms with Crippen LogP contribution in [0.4, 0.5) is 4.79 Å². The van der Waals surface area contributed by atoms with Crippen LogP contribution in [-0.4, -0.2) is 21.4 Å². The molecule has 1 N–H and O–H groups in total. The summed E-state index contributed by atoms with van der Waals surface area (Å²) in [5.74, 6) is -0.330. The molecule has 1 saturated heterocycles. The molecule has 3 amide bonds. The van der Waals surface area contributed by atoms with Gasteiger partial charge < -0.3 is 9.88 Å². The van der Waals surface area contributed by atoms with E-state index in [1.807, 2.05) is 30.7 Å². The highest BCUT2D eigenvalue weighted by Gasteiger charge is 2.33. The van der Waals surface area contributed by atoms with E-state index >= 15 is 0 Å². The molecule has 0 spiro atoms. The Morgan fingerprint density at radius 1 is 1.13 bits per heavy atom. The molecule has 6 heteroatoms. The van der Waals surface area contributed by atoms with Gasteiger partial charge in [0.2, 0.25) is 0 Å². The van der Waals surface area contributed by atoms with Gasteiger partial charge in [0.1, 0.15) is 5.70 Å². The molecule has 0 unspecified atom stereocenters. The van der Waals surface area contributed by atoms with Crippen LogP contribution < -0.4 is 5.32 Å². The molecule has 2 heterocycles. The van der Waals surface area contributed by atoms with Crippen LogP contribution >= 0.6 is 11.6 Å². The Morgan fingerprint density at radius 2 is 1.83 bits per heavy atom. The minimum atomic E-state index is -0.415. The second-order valence-electron chi connectivity index (χ2n) is 5.46. The first-order valence-corrected chi connectivity index (χ1v) is 7.55. The first kappa shape index (κ1) is 15.4. The van der Waals surface area contributed by atoms with E-state index in [2.05, 4.69) is 5.32 Å². The maximum absolute atomic E-state index is 12.4. The van der Waals surface area contributed by atoms with E-state index in [9.17, 15) is 9.59 Å². The Labute approximate surface area is 139 Å². The number of imide groups is 1. The Bertz CT molecular complexity index is 806. The van der Waals surface area contributed by atoms with Crippen molar-refractivity contribution in [3.63, 3.8) is 0 Å². The fraction of sp³-hybridized carbons (Fsp3) is 0.176. The minimum absolute atomic E-state index is 0.214. The number of aromatic nitrogens is 1. The molecule has 0 saturated carbocycles. The molecule has 2 aromatic rings. The number of aryl methyl sites for hydroxylation is 1. The summed E-state index contributed by atoms with van der Waals surface area (Å²) in [7, 11) is 1.91. The highest BCUT2D eigenvalue weighted by Crippen LogP contribution is 2.18. The van der Waals surface area contributed by atoms with E-state index in [4.69, 9.17) is 11.6 Å². The SMILES string of the molecule is Cc1ccc(/C=C2\NC(=O)N(Cc3ccc(Cl)cc3)C2=O)n1C. The predicted molar refractivity (Wildman–Crippen MR) is 88.7 cm³/mol. The van der Waals surface area contributed by atoms with E-state index in [1.54, 1.807) is 30.3 Å². The number of rotatable bonds is 3. The van der Waals surface area contributed by atoms with Gasteiger partial charge in [-0.2, -0.15) is 0 Å². The van der Waals surface area contributed by atoms with Crippen LogP contribution in [0.15, 0.2) is 42.1 Å². The molecule has 1 aliphatic heterocycles. The fourth-order valence-corrected chi connectivity index (χ4v) is 2.54. The minimum Gasteiger partial charge on any atom is -0.348 e. The van der Waals surface area contributed by atoms with E-state index < -0.39 is 6.03 Å². The number of urea groups is 1. The molecular weight excluding hydrogens is 314 g/mol. The van der Waals surface area contributed by atoms with Gasteiger partial charge in [0.05, 0.1) is 6.54 Å². The lowest BCUT2D eigenvalue weighted by atomic mass is 10.2. The smallest absolute Gasteiger partial charge is 0.329 e. The van der Waals surface area contributed by atoms with E-state index in [-0.39, 0.29) is 18.1 Å². The molecule has 1 aromatic heterocycles. The molecule has 1 aliphatic rings. The number of hydrogen-bond acceptors (Lipinski definition) is 2. The summed E-state index contributed by atoms with van der Waals surface area (Å²) >= 11 is 5.84. The summed E-state index contributed by atoms with van der Waals surface area (Å²) < 4.78 is 1.95. The van der Waals surface area contributed by atoms with Crippen molar-refractivity contribution in [2.24, 2.45) is 7.05 Å². The summed E-state index contributed by atoms with van der Waals surface area (Å²) in [6.07, 6.45) is 1.69. The monoisotopic (exact) mass is 329 g/mol. The van der Waals surface area contributed by atoms with Crippen LogP contribution in [0.2, 0.25) is 5.02 Å². The van der Waals surface area contributed by atoms with Crippen LogP contribution in [0.1, 0.15) is 17.0 Å². The van der Waals surface area contributed by atoms with Gasteiger partial charge in [0.25, 0.3) is 5.91 Å². The molecule has 0 aliphatic carbocycles. The van der Waals surface area contributed by atoms with Crippen molar-refractivity contribution in [3.8, 4) is 0 Å². The van der Waals surface area contributed by atoms with E-state index in [0.717, 1.165) is 17.0 Å². The fourth-order valence-electron chi connectivity index (χ4n) is 2.41. The number of benzene rings is 1. The average Bonchev–Trinajstić information content (AvgIpc) is 2.97. The summed E-state index contributed by atoms with van der Waals surface area (Å²) in [6.45, 7) is 2.19. The summed E-state index contributed by atoms with van der Waals surface area (Å²) in [5, 5.41) is 3.25. The Kier molecular flexibility index (Phi) is 3.96. The lowest BCUT2D eigenvalue weighted by Crippen LogP contribution is -2.30. The molecular formula is C17H16ClN3O2. The van der Waals surface area contributed by atoms with Crippen LogP contribution in [0.25, 0.3) is 6.08 Å². The standard InChI is InChI=1S/C17H16ClN3O2/c1-11-3-8-14(20(11)2)9-15-16(22)21(17(23)19-15)10-12-4-6-13(18)7-5-12/h3-9H,10H2,1-2H3,(H,19,23)/b15-9-. The number of halogens is 1. The number of carbonyl (C=O) groups excluding carboxylic acids is 2. The second-order valence-corrected chi connectivity index (χ2v) is 5.90. The summed E-state index contributed by atoms with van der Waals surface area (Å²) in [4.78, 5) is 25.7. The second kappa shape index (κ2) is 5.93. The predicted octanol–water partition coefficient (Wildman–Crippen LogP) is 3.08. The van der Waals surface area contributed by atoms with Crippen molar-refractivity contribution in [2.45, 2.75) is 13.5 Å². The molecule has 0 bridgehead atoms. The molecule has 118 valence electrons. The van der Waals surface area contributed by atoms with E-state index in [1.165, 1.54) is 4.90 Å². The maximum Gasteiger partial charge on any atom is 0.329 e. The summed E-state index contributed by atoms with van der Waals surface area (Å²) in [6, 6.07) is 10.5. The van der Waals surface area contributed by atoms with Crippen molar-refractivity contribution in [2.75, 3.05) is 0 Å². The van der Waals surface area contributed by atoms with Gasteiger partial charge in [-0.25, -0.2) is 4.79 Å². The third kappa shape index (κ3) is 3.00. The Balaban J connectivity index is 1.82. The largest absolute Gasteiger partial charge is 0.348 e. The first-order valence-electron chi connectivity index (χ1n) is 7.17. The number of carbonyl (C=O) groups is 2. The highest BCUT2D eigenvalue weighted by molar-refractivity contribution is 6.30. The van der Waals surface area contributed by atoms with E-state index in [0.29, 0.717) is 5.02 Å². The first-order chi connectivity index (χ1) is 11.0. The van der Waals surface area contributed by atoms with Crippen molar-refractivity contribution in [1.82, 2.24) is 14.8 Å². The number of nitrogens with zero attached hydrogens (tertiary/aromatic N) is 2. The maximum atomic E-state index is 12.4. The topological polar surface area (TPSA) is 54.3 Å². The quantitative estimate of drug-likeness (QED) is 0.695. The third-order valence-electron chi connectivity index (χ3n) is 3.92. The lowest BCUT2D eigenvalue weighted by molar-refractivity contribution is -0.123. The van der Waals surface area contributed by atoms with Gasteiger partial charge in [-0.3, -0.25) is 9.69 Å². The van der Waals surface area contributed by atoms with Crippen LogP contribution in [0.5, 0.6) is 0 Å².